The van der Waals surface area contributed by atoms with E-state index in [0.717, 1.165) is 18.9 Å². The monoisotopic (exact) mass is 603 g/mol. The Kier molecular flexibility index (Phi) is 7.67. The van der Waals surface area contributed by atoms with Gasteiger partial charge < -0.3 is 14.4 Å². The number of fused-ring (bicyclic) bond motifs is 1. The second kappa shape index (κ2) is 11.4. The standard InChI is InChI=1S/C29H26ClF4N5O3/c30-26-24(15-35-39(27(26)40)25-10-3-4-13-41-25)37-12-11-23-22(17-37)36-28(42-20-8-5-7-19(31)14-20)38(23)16-18-6-1-2-9-21(18)29(32,33)34/h1-2,5-9,14-15,25H,3-4,10-13,16-17H2. The smallest absolute Gasteiger partial charge is 0.416 e. The Morgan fingerprint density at radius 3 is 2.71 bits per heavy atom. The maximum absolute atomic E-state index is 13.9. The number of ether oxygens (including phenoxy) is 2. The minimum absolute atomic E-state index is 0.00241. The summed E-state index contributed by atoms with van der Waals surface area (Å²) in [7, 11) is 0. The summed E-state index contributed by atoms with van der Waals surface area (Å²) in [5.41, 5.74) is 0.440. The number of hydrogen-bond acceptors (Lipinski definition) is 6. The molecule has 0 aliphatic carbocycles. The summed E-state index contributed by atoms with van der Waals surface area (Å²) >= 11 is 6.54. The molecule has 220 valence electrons. The van der Waals surface area contributed by atoms with Crippen molar-refractivity contribution >= 4 is 17.3 Å². The van der Waals surface area contributed by atoms with Crippen LogP contribution >= 0.6 is 11.6 Å². The van der Waals surface area contributed by atoms with Gasteiger partial charge in [0.2, 0.25) is 0 Å². The molecule has 1 fully saturated rings. The fourth-order valence-corrected chi connectivity index (χ4v) is 5.64. The van der Waals surface area contributed by atoms with Crippen molar-refractivity contribution < 1.29 is 27.0 Å². The molecular weight excluding hydrogens is 578 g/mol. The lowest BCUT2D eigenvalue weighted by Gasteiger charge is -2.30. The zero-order valence-corrected chi connectivity index (χ0v) is 23.0. The third-order valence-electron chi connectivity index (χ3n) is 7.43. The van der Waals surface area contributed by atoms with E-state index in [1.807, 2.05) is 4.90 Å². The van der Waals surface area contributed by atoms with Crippen LogP contribution in [0.4, 0.5) is 23.2 Å². The lowest BCUT2D eigenvalue weighted by molar-refractivity contribution is -0.138. The van der Waals surface area contributed by atoms with E-state index >= 15 is 0 Å². The predicted octanol–water partition coefficient (Wildman–Crippen LogP) is 6.35. The molecule has 0 amide bonds. The molecule has 0 radical (unpaired) electrons. The molecule has 0 spiro atoms. The lowest BCUT2D eigenvalue weighted by atomic mass is 10.1. The number of benzene rings is 2. The van der Waals surface area contributed by atoms with Crippen LogP contribution in [0.5, 0.6) is 11.8 Å². The van der Waals surface area contributed by atoms with E-state index in [1.54, 1.807) is 10.6 Å². The Balaban J connectivity index is 1.35. The molecule has 2 aromatic carbocycles. The number of rotatable bonds is 6. The molecule has 0 N–H and O–H groups in total. The summed E-state index contributed by atoms with van der Waals surface area (Å²) in [6.07, 6.45) is -0.621. The van der Waals surface area contributed by atoms with Gasteiger partial charge in [-0.3, -0.25) is 9.36 Å². The van der Waals surface area contributed by atoms with Gasteiger partial charge in [0.25, 0.3) is 5.56 Å². The van der Waals surface area contributed by atoms with Crippen LogP contribution in [-0.2, 0) is 30.4 Å². The quantitative estimate of drug-likeness (QED) is 0.239. The van der Waals surface area contributed by atoms with Crippen LogP contribution in [0.3, 0.4) is 0 Å². The Labute approximate surface area is 243 Å². The first-order chi connectivity index (χ1) is 20.2. The summed E-state index contributed by atoms with van der Waals surface area (Å²) in [4.78, 5) is 19.5. The van der Waals surface area contributed by atoms with Crippen molar-refractivity contribution in [1.82, 2.24) is 19.3 Å². The maximum atomic E-state index is 13.9. The Morgan fingerprint density at radius 2 is 1.95 bits per heavy atom. The molecule has 1 unspecified atom stereocenters. The summed E-state index contributed by atoms with van der Waals surface area (Å²) in [5, 5.41) is 4.33. The molecule has 0 saturated carbocycles. The average Bonchev–Trinajstić information content (AvgIpc) is 3.30. The molecule has 8 nitrogen and oxygen atoms in total. The maximum Gasteiger partial charge on any atom is 0.416 e. The van der Waals surface area contributed by atoms with Gasteiger partial charge in [-0.1, -0.05) is 35.9 Å². The van der Waals surface area contributed by atoms with E-state index in [1.165, 1.54) is 47.3 Å². The fraction of sp³-hybridized carbons (Fsp3) is 0.345. The minimum atomic E-state index is -4.55. The Hall–Kier alpha value is -3.90. The van der Waals surface area contributed by atoms with Gasteiger partial charge in [-0.15, -0.1) is 0 Å². The molecule has 42 heavy (non-hydrogen) atoms. The molecule has 2 aliphatic rings. The molecule has 4 heterocycles. The van der Waals surface area contributed by atoms with Gasteiger partial charge in [-0.25, -0.2) is 4.39 Å². The fourth-order valence-electron chi connectivity index (χ4n) is 5.38. The van der Waals surface area contributed by atoms with Gasteiger partial charge in [0.1, 0.15) is 16.6 Å². The zero-order valence-electron chi connectivity index (χ0n) is 22.3. The first-order valence-corrected chi connectivity index (χ1v) is 13.9. The van der Waals surface area contributed by atoms with Crippen molar-refractivity contribution in [3.05, 3.63) is 98.4 Å². The van der Waals surface area contributed by atoms with Crippen LogP contribution in [0.15, 0.2) is 59.5 Å². The van der Waals surface area contributed by atoms with Crippen LogP contribution in [0.1, 0.15) is 48.0 Å². The highest BCUT2D eigenvalue weighted by molar-refractivity contribution is 6.33. The number of aromatic nitrogens is 4. The van der Waals surface area contributed by atoms with Crippen molar-refractivity contribution in [3.8, 4) is 11.8 Å². The van der Waals surface area contributed by atoms with Gasteiger partial charge in [0.05, 0.1) is 36.2 Å². The predicted molar refractivity (Wildman–Crippen MR) is 146 cm³/mol. The number of imidazole rings is 1. The van der Waals surface area contributed by atoms with Crippen molar-refractivity contribution in [3.63, 3.8) is 0 Å². The van der Waals surface area contributed by atoms with Crippen LogP contribution in [0.2, 0.25) is 5.02 Å². The van der Waals surface area contributed by atoms with Crippen molar-refractivity contribution in [2.24, 2.45) is 0 Å². The second-order valence-corrected chi connectivity index (χ2v) is 10.6. The number of nitrogens with zero attached hydrogens (tertiary/aromatic N) is 5. The minimum Gasteiger partial charge on any atom is -0.425 e. The van der Waals surface area contributed by atoms with Crippen molar-refractivity contribution in [2.45, 2.75) is 51.2 Å². The van der Waals surface area contributed by atoms with Crippen molar-refractivity contribution in [2.75, 3.05) is 18.1 Å². The highest BCUT2D eigenvalue weighted by atomic mass is 35.5. The average molecular weight is 604 g/mol. The zero-order chi connectivity index (χ0) is 29.4. The third-order valence-corrected chi connectivity index (χ3v) is 7.79. The highest BCUT2D eigenvalue weighted by Gasteiger charge is 2.34. The van der Waals surface area contributed by atoms with Gasteiger partial charge in [-0.05, 0) is 43.0 Å². The Bertz CT molecular complexity index is 1670. The van der Waals surface area contributed by atoms with Crippen LogP contribution in [0.25, 0.3) is 0 Å². The molecule has 6 rings (SSSR count). The van der Waals surface area contributed by atoms with Crippen LogP contribution < -0.4 is 15.2 Å². The van der Waals surface area contributed by atoms with Crippen LogP contribution in [-0.4, -0.2) is 32.5 Å². The number of hydrogen-bond donors (Lipinski definition) is 0. The van der Waals surface area contributed by atoms with Gasteiger partial charge in [-0.2, -0.15) is 27.9 Å². The molecule has 1 saturated heterocycles. The topological polar surface area (TPSA) is 74.4 Å². The summed E-state index contributed by atoms with van der Waals surface area (Å²) in [6, 6.07) is 10.8. The molecule has 0 bridgehead atoms. The van der Waals surface area contributed by atoms with E-state index in [2.05, 4.69) is 10.1 Å². The molecule has 2 aliphatic heterocycles. The third kappa shape index (κ3) is 5.60. The number of alkyl halides is 3. The van der Waals surface area contributed by atoms with Crippen molar-refractivity contribution in [1.29, 1.82) is 0 Å². The summed E-state index contributed by atoms with van der Waals surface area (Å²) in [6.45, 7) is 0.975. The molecular formula is C29H26ClF4N5O3. The molecule has 4 aromatic rings. The molecule has 1 atom stereocenters. The number of halogens is 5. The first kappa shape index (κ1) is 28.2. The largest absolute Gasteiger partial charge is 0.425 e. The molecule has 2 aromatic heterocycles. The van der Waals surface area contributed by atoms with Gasteiger partial charge in [0, 0.05) is 31.3 Å². The summed E-state index contributed by atoms with van der Waals surface area (Å²) < 4.78 is 69.8. The van der Waals surface area contributed by atoms with Gasteiger partial charge in [0.15, 0.2) is 6.23 Å². The first-order valence-electron chi connectivity index (χ1n) is 13.5. The second-order valence-electron chi connectivity index (χ2n) is 10.2. The molecule has 13 heteroatoms. The highest BCUT2D eigenvalue weighted by Crippen LogP contribution is 2.36. The van der Waals surface area contributed by atoms with E-state index in [9.17, 15) is 22.4 Å². The SMILES string of the molecule is O=c1c(Cl)c(N2CCc3c(nc(Oc4cccc(F)c4)n3Cc3ccccc3C(F)(F)F)C2)cnn1C1CCCCO1. The summed E-state index contributed by atoms with van der Waals surface area (Å²) in [5.74, 6) is -0.375. The van der Waals surface area contributed by atoms with Gasteiger partial charge >= 0.3 is 12.2 Å². The van der Waals surface area contributed by atoms with E-state index in [0.29, 0.717) is 43.1 Å². The lowest BCUT2D eigenvalue weighted by Crippen LogP contribution is -2.36. The van der Waals surface area contributed by atoms with E-state index in [-0.39, 0.29) is 35.4 Å². The van der Waals surface area contributed by atoms with Crippen LogP contribution in [0, 0.1) is 5.82 Å². The number of anilines is 1. The Morgan fingerprint density at radius 1 is 1.12 bits per heavy atom. The van der Waals surface area contributed by atoms with E-state index < -0.39 is 29.3 Å². The normalized spacial score (nSPS) is 17.3. The van der Waals surface area contributed by atoms with E-state index in [4.69, 9.17) is 21.1 Å².